The number of carbonyl (C=O) groups is 2. The zero-order chi connectivity index (χ0) is 14.6. The van der Waals surface area contributed by atoms with Crippen LogP contribution in [-0.4, -0.2) is 22.0 Å². The Bertz CT molecular complexity index is 619. The zero-order valence-corrected chi connectivity index (χ0v) is 12.5. The van der Waals surface area contributed by atoms with E-state index in [2.05, 4.69) is 20.9 Å². The van der Waals surface area contributed by atoms with E-state index in [0.717, 1.165) is 16.9 Å². The second kappa shape index (κ2) is 6.58. The fourth-order valence-corrected chi connectivity index (χ4v) is 1.95. The molecule has 0 saturated heterocycles. The van der Waals surface area contributed by atoms with Crippen LogP contribution in [0.2, 0.25) is 5.02 Å². The van der Waals surface area contributed by atoms with Gasteiger partial charge in [-0.25, -0.2) is 0 Å². The van der Waals surface area contributed by atoms with Crippen LogP contribution < -0.4 is 4.74 Å². The Balaban J connectivity index is 0.000000399. The lowest BCUT2D eigenvalue weighted by atomic mass is 10.2. The Morgan fingerprint density at radius 1 is 1.37 bits per heavy atom. The number of aliphatic carboxylic acids is 1. The highest BCUT2D eigenvalue weighted by molar-refractivity contribution is 9.10. The van der Waals surface area contributed by atoms with Gasteiger partial charge in [0.1, 0.15) is 0 Å². The van der Waals surface area contributed by atoms with Gasteiger partial charge in [-0.1, -0.05) is 11.6 Å². The second-order valence-corrected chi connectivity index (χ2v) is 4.78. The standard InChI is InChI=1S/C10H7BrClNO2.C2H4O2/c1-5(14)15-8-4-13-7-3-2-6(11)10(12)9(7)8;1-2(3)4/h2-4,13H,1H3;1H3,(H,3,4). The molecule has 0 unspecified atom stereocenters. The maximum Gasteiger partial charge on any atom is 0.308 e. The highest BCUT2D eigenvalue weighted by atomic mass is 79.9. The Morgan fingerprint density at radius 2 is 1.95 bits per heavy atom. The summed E-state index contributed by atoms with van der Waals surface area (Å²) < 4.78 is 5.80. The molecule has 0 aliphatic carbocycles. The first-order valence-corrected chi connectivity index (χ1v) is 6.33. The topological polar surface area (TPSA) is 79.4 Å². The third kappa shape index (κ3) is 4.25. The number of aromatic nitrogens is 1. The number of esters is 1. The number of halogens is 2. The van der Waals surface area contributed by atoms with Gasteiger partial charge in [0.25, 0.3) is 5.97 Å². The monoisotopic (exact) mass is 347 g/mol. The average Bonchev–Trinajstić information content (AvgIpc) is 2.66. The molecule has 5 nitrogen and oxygen atoms in total. The predicted molar refractivity (Wildman–Crippen MR) is 75.6 cm³/mol. The van der Waals surface area contributed by atoms with Crippen LogP contribution in [0.4, 0.5) is 0 Å². The van der Waals surface area contributed by atoms with Gasteiger partial charge in [-0.3, -0.25) is 9.59 Å². The molecule has 2 rings (SSSR count). The molecule has 1 aromatic heterocycles. The normalized spacial score (nSPS) is 9.68. The molecule has 0 saturated carbocycles. The molecule has 2 N–H and O–H groups in total. The van der Waals surface area contributed by atoms with Gasteiger partial charge in [0, 0.05) is 24.5 Å². The maximum absolute atomic E-state index is 10.9. The van der Waals surface area contributed by atoms with E-state index in [9.17, 15) is 4.79 Å². The fourth-order valence-electron chi connectivity index (χ4n) is 1.36. The van der Waals surface area contributed by atoms with Gasteiger partial charge in [-0.05, 0) is 28.1 Å². The van der Waals surface area contributed by atoms with E-state index in [1.807, 2.05) is 12.1 Å². The van der Waals surface area contributed by atoms with Crippen molar-refractivity contribution in [3.63, 3.8) is 0 Å². The van der Waals surface area contributed by atoms with Crippen LogP contribution in [0, 0.1) is 0 Å². The first kappa shape index (κ1) is 15.5. The minimum absolute atomic E-state index is 0.369. The molecular formula is C12H11BrClNO4. The number of rotatable bonds is 1. The summed E-state index contributed by atoms with van der Waals surface area (Å²) >= 11 is 9.41. The SMILES string of the molecule is CC(=O)O.CC(=O)Oc1c[nH]c2ccc(Br)c(Cl)c12. The van der Waals surface area contributed by atoms with Gasteiger partial charge in [-0.15, -0.1) is 0 Å². The first-order chi connectivity index (χ1) is 8.82. The van der Waals surface area contributed by atoms with Crippen LogP contribution in [0.5, 0.6) is 5.75 Å². The van der Waals surface area contributed by atoms with Crippen molar-refractivity contribution in [2.45, 2.75) is 13.8 Å². The lowest BCUT2D eigenvalue weighted by Gasteiger charge is -2.01. The molecule has 0 radical (unpaired) electrons. The van der Waals surface area contributed by atoms with Crippen LogP contribution in [0.1, 0.15) is 13.8 Å². The number of ether oxygens (including phenoxy) is 1. The fraction of sp³-hybridized carbons (Fsp3) is 0.167. The van der Waals surface area contributed by atoms with Crippen molar-refractivity contribution in [3.05, 3.63) is 27.8 Å². The Morgan fingerprint density at radius 3 is 2.47 bits per heavy atom. The third-order valence-corrected chi connectivity index (χ3v) is 3.24. The zero-order valence-electron chi connectivity index (χ0n) is 10.2. The van der Waals surface area contributed by atoms with E-state index in [1.165, 1.54) is 6.92 Å². The summed E-state index contributed by atoms with van der Waals surface area (Å²) in [5.74, 6) is -0.754. The van der Waals surface area contributed by atoms with E-state index in [1.54, 1.807) is 6.20 Å². The minimum atomic E-state index is -0.833. The van der Waals surface area contributed by atoms with E-state index >= 15 is 0 Å². The van der Waals surface area contributed by atoms with Gasteiger partial charge in [0.2, 0.25) is 0 Å². The number of fused-ring (bicyclic) bond motifs is 1. The molecule has 2 aromatic rings. The highest BCUT2D eigenvalue weighted by Crippen LogP contribution is 2.36. The van der Waals surface area contributed by atoms with E-state index in [-0.39, 0.29) is 5.97 Å². The number of carboxylic acid groups (broad SMARTS) is 1. The van der Waals surface area contributed by atoms with Crippen LogP contribution in [0.25, 0.3) is 10.9 Å². The number of carboxylic acids is 1. The van der Waals surface area contributed by atoms with Crippen molar-refractivity contribution in [1.29, 1.82) is 0 Å². The van der Waals surface area contributed by atoms with Crippen molar-refractivity contribution in [2.24, 2.45) is 0 Å². The second-order valence-electron chi connectivity index (χ2n) is 3.55. The van der Waals surface area contributed by atoms with E-state index < -0.39 is 5.97 Å². The van der Waals surface area contributed by atoms with Crippen molar-refractivity contribution in [1.82, 2.24) is 4.98 Å². The summed E-state index contributed by atoms with van der Waals surface area (Å²) in [4.78, 5) is 22.8. The molecule has 0 fully saturated rings. The summed E-state index contributed by atoms with van der Waals surface area (Å²) in [6.07, 6.45) is 1.62. The van der Waals surface area contributed by atoms with Crippen LogP contribution >= 0.6 is 27.5 Å². The summed E-state index contributed by atoms with van der Waals surface area (Å²) in [6.45, 7) is 2.44. The Kier molecular flexibility index (Phi) is 5.38. The Labute approximate surface area is 122 Å². The quantitative estimate of drug-likeness (QED) is 0.772. The highest BCUT2D eigenvalue weighted by Gasteiger charge is 2.12. The van der Waals surface area contributed by atoms with E-state index in [4.69, 9.17) is 26.2 Å². The molecular weight excluding hydrogens is 337 g/mol. The molecule has 0 spiro atoms. The number of aromatic amines is 1. The van der Waals surface area contributed by atoms with Crippen molar-refractivity contribution >= 4 is 50.4 Å². The summed E-state index contributed by atoms with van der Waals surface area (Å²) in [7, 11) is 0. The molecule has 7 heteroatoms. The molecule has 0 bridgehead atoms. The smallest absolute Gasteiger partial charge is 0.308 e. The molecule has 0 atom stereocenters. The average molecular weight is 349 g/mol. The predicted octanol–water partition coefficient (Wildman–Crippen LogP) is 3.60. The van der Waals surface area contributed by atoms with Crippen LogP contribution in [-0.2, 0) is 9.59 Å². The Hall–Kier alpha value is -1.53. The number of nitrogens with one attached hydrogen (secondary N) is 1. The van der Waals surface area contributed by atoms with Crippen molar-refractivity contribution in [2.75, 3.05) is 0 Å². The number of carbonyl (C=O) groups excluding carboxylic acids is 1. The first-order valence-electron chi connectivity index (χ1n) is 5.16. The van der Waals surface area contributed by atoms with Crippen molar-refractivity contribution in [3.8, 4) is 5.75 Å². The number of H-pyrrole nitrogens is 1. The molecule has 1 heterocycles. The molecule has 19 heavy (non-hydrogen) atoms. The van der Waals surface area contributed by atoms with E-state index in [0.29, 0.717) is 16.2 Å². The number of hydrogen-bond acceptors (Lipinski definition) is 3. The molecule has 0 aliphatic heterocycles. The lowest BCUT2D eigenvalue weighted by Crippen LogP contribution is -2.00. The maximum atomic E-state index is 10.9. The number of benzene rings is 1. The molecule has 0 aliphatic rings. The summed E-state index contributed by atoms with van der Waals surface area (Å²) in [5.41, 5.74) is 0.833. The van der Waals surface area contributed by atoms with Gasteiger partial charge < -0.3 is 14.8 Å². The van der Waals surface area contributed by atoms with Gasteiger partial charge >= 0.3 is 5.97 Å². The number of hydrogen-bond donors (Lipinski definition) is 2. The van der Waals surface area contributed by atoms with Crippen LogP contribution in [0.3, 0.4) is 0 Å². The van der Waals surface area contributed by atoms with Gasteiger partial charge in [0.15, 0.2) is 5.75 Å². The summed E-state index contributed by atoms with van der Waals surface area (Å²) in [5, 5.41) is 8.66. The lowest BCUT2D eigenvalue weighted by molar-refractivity contribution is -0.134. The van der Waals surface area contributed by atoms with Crippen LogP contribution in [0.15, 0.2) is 22.8 Å². The third-order valence-electron chi connectivity index (χ3n) is 1.95. The van der Waals surface area contributed by atoms with Crippen molar-refractivity contribution < 1.29 is 19.4 Å². The summed E-state index contributed by atoms with van der Waals surface area (Å²) in [6, 6.07) is 3.69. The van der Waals surface area contributed by atoms with Gasteiger partial charge in [-0.2, -0.15) is 0 Å². The molecule has 0 amide bonds. The minimum Gasteiger partial charge on any atom is -0.481 e. The molecule has 102 valence electrons. The van der Waals surface area contributed by atoms with Gasteiger partial charge in [0.05, 0.1) is 15.9 Å². The largest absolute Gasteiger partial charge is 0.481 e. The molecule has 1 aromatic carbocycles.